The maximum atomic E-state index is 14.1. The van der Waals surface area contributed by atoms with Gasteiger partial charge in [0.2, 0.25) is 6.39 Å². The summed E-state index contributed by atoms with van der Waals surface area (Å²) in [5.41, 5.74) is 0.646. The van der Waals surface area contributed by atoms with E-state index < -0.39 is 0 Å². The first-order valence-corrected chi connectivity index (χ1v) is 12.2. The summed E-state index contributed by atoms with van der Waals surface area (Å²) in [4.78, 5) is 4.61. The molecule has 3 aliphatic heterocycles. The molecule has 0 unspecified atom stereocenters. The average Bonchev–Trinajstić information content (AvgIpc) is 3.50. The van der Waals surface area contributed by atoms with Crippen LogP contribution in [0.3, 0.4) is 0 Å². The van der Waals surface area contributed by atoms with Crippen molar-refractivity contribution < 1.29 is 23.0 Å². The summed E-state index contributed by atoms with van der Waals surface area (Å²) in [5, 5.41) is 7.74. The SMILES string of the molecule is COC(C)(C)CCOc1ccc(F)cc1C1CCN([C@@H]2COC3(C2)CN(c2nnco2)C3)CC1. The fraction of sp³-hybridized carbons (Fsp3) is 0.680. The number of nitrogens with zero attached hydrogens (tertiary/aromatic N) is 4. The van der Waals surface area contributed by atoms with E-state index in [1.165, 1.54) is 12.5 Å². The largest absolute Gasteiger partial charge is 0.493 e. The molecule has 8 nitrogen and oxygen atoms in total. The lowest BCUT2D eigenvalue weighted by molar-refractivity contribution is -0.0216. The summed E-state index contributed by atoms with van der Waals surface area (Å²) in [6.45, 7) is 8.94. The predicted molar refractivity (Wildman–Crippen MR) is 125 cm³/mol. The second kappa shape index (κ2) is 9.43. The van der Waals surface area contributed by atoms with Gasteiger partial charge in [-0.3, -0.25) is 4.90 Å². The first kappa shape index (κ1) is 23.5. The number of anilines is 1. The molecule has 2 aromatic rings. The molecule has 1 spiro atoms. The van der Waals surface area contributed by atoms with Crippen molar-refractivity contribution in [3.8, 4) is 5.75 Å². The molecule has 0 amide bonds. The third-order valence-electron chi connectivity index (χ3n) is 7.74. The minimum absolute atomic E-state index is 0.102. The van der Waals surface area contributed by atoms with Crippen molar-refractivity contribution in [1.82, 2.24) is 15.1 Å². The van der Waals surface area contributed by atoms with Gasteiger partial charge in [0.05, 0.1) is 31.9 Å². The lowest BCUT2D eigenvalue weighted by Gasteiger charge is -2.46. The van der Waals surface area contributed by atoms with Crippen molar-refractivity contribution in [3.63, 3.8) is 0 Å². The van der Waals surface area contributed by atoms with E-state index in [1.807, 2.05) is 13.8 Å². The standard InChI is InChI=1S/C25H35FN4O4/c1-24(2,31-3)8-11-32-22-5-4-19(26)12-21(22)18-6-9-29(10-7-18)20-13-25(34-14-20)15-30(16-25)23-28-27-17-33-23/h4-5,12,17-18,20H,6-11,13-16H2,1-3H3/t20-/m0/s1. The van der Waals surface area contributed by atoms with Gasteiger partial charge in [-0.2, -0.15) is 0 Å². The molecule has 0 aliphatic carbocycles. The van der Waals surface area contributed by atoms with Crippen molar-refractivity contribution in [2.75, 3.05) is 51.4 Å². The topological polar surface area (TPSA) is 73.1 Å². The van der Waals surface area contributed by atoms with Crippen LogP contribution in [0.2, 0.25) is 0 Å². The molecule has 4 heterocycles. The van der Waals surface area contributed by atoms with E-state index in [2.05, 4.69) is 20.0 Å². The van der Waals surface area contributed by atoms with Gasteiger partial charge in [-0.1, -0.05) is 5.10 Å². The van der Waals surface area contributed by atoms with Crippen LogP contribution in [0, 0.1) is 5.82 Å². The van der Waals surface area contributed by atoms with E-state index in [0.29, 0.717) is 24.6 Å². The Kier molecular flexibility index (Phi) is 6.52. The van der Waals surface area contributed by atoms with Crippen LogP contribution >= 0.6 is 0 Å². The molecule has 1 atom stereocenters. The summed E-state index contributed by atoms with van der Waals surface area (Å²) in [6, 6.07) is 5.91. The fourth-order valence-corrected chi connectivity index (χ4v) is 5.42. The van der Waals surface area contributed by atoms with Gasteiger partial charge >= 0.3 is 6.01 Å². The zero-order chi connectivity index (χ0) is 23.8. The minimum Gasteiger partial charge on any atom is -0.493 e. The van der Waals surface area contributed by atoms with Gasteiger partial charge < -0.3 is 23.5 Å². The van der Waals surface area contributed by atoms with E-state index in [4.69, 9.17) is 18.6 Å². The Morgan fingerprint density at radius 1 is 1.24 bits per heavy atom. The number of halogens is 1. The highest BCUT2D eigenvalue weighted by molar-refractivity contribution is 5.37. The smallest absolute Gasteiger partial charge is 0.318 e. The van der Waals surface area contributed by atoms with Gasteiger partial charge in [0.1, 0.15) is 17.2 Å². The molecular formula is C25H35FN4O4. The van der Waals surface area contributed by atoms with Gasteiger partial charge in [0.15, 0.2) is 0 Å². The van der Waals surface area contributed by atoms with Crippen LogP contribution in [0.5, 0.6) is 5.75 Å². The number of hydrogen-bond acceptors (Lipinski definition) is 8. The van der Waals surface area contributed by atoms with Crippen LogP contribution in [0.4, 0.5) is 10.4 Å². The van der Waals surface area contributed by atoms with Gasteiger partial charge in [0, 0.05) is 25.1 Å². The molecular weight excluding hydrogens is 439 g/mol. The van der Waals surface area contributed by atoms with Gasteiger partial charge in [-0.05, 0) is 70.3 Å². The van der Waals surface area contributed by atoms with Gasteiger partial charge in [-0.15, -0.1) is 5.10 Å². The summed E-state index contributed by atoms with van der Waals surface area (Å²) in [7, 11) is 1.71. The van der Waals surface area contributed by atoms with Crippen LogP contribution in [0.25, 0.3) is 0 Å². The summed E-state index contributed by atoms with van der Waals surface area (Å²) < 4.78 is 37.3. The molecule has 3 aliphatic rings. The number of likely N-dealkylation sites (tertiary alicyclic amines) is 1. The van der Waals surface area contributed by atoms with Crippen LogP contribution in [-0.4, -0.2) is 78.8 Å². The molecule has 3 saturated heterocycles. The van der Waals surface area contributed by atoms with Gasteiger partial charge in [0.25, 0.3) is 0 Å². The van der Waals surface area contributed by atoms with Crippen molar-refractivity contribution in [2.24, 2.45) is 0 Å². The Morgan fingerprint density at radius 2 is 2.03 bits per heavy atom. The zero-order valence-electron chi connectivity index (χ0n) is 20.3. The summed E-state index contributed by atoms with van der Waals surface area (Å²) >= 11 is 0. The van der Waals surface area contributed by atoms with E-state index in [9.17, 15) is 4.39 Å². The second-order valence-corrected chi connectivity index (χ2v) is 10.5. The number of ether oxygens (including phenoxy) is 3. The normalized spacial score (nSPS) is 23.4. The molecule has 0 N–H and O–H groups in total. The lowest BCUT2D eigenvalue weighted by Crippen LogP contribution is -2.62. The Morgan fingerprint density at radius 3 is 2.74 bits per heavy atom. The minimum atomic E-state index is -0.241. The number of benzene rings is 1. The van der Waals surface area contributed by atoms with E-state index in [0.717, 1.165) is 69.8 Å². The quantitative estimate of drug-likeness (QED) is 0.574. The third-order valence-corrected chi connectivity index (χ3v) is 7.74. The number of methoxy groups -OCH3 is 1. The first-order chi connectivity index (χ1) is 16.4. The van der Waals surface area contributed by atoms with Crippen LogP contribution in [-0.2, 0) is 9.47 Å². The third kappa shape index (κ3) is 4.92. The van der Waals surface area contributed by atoms with Crippen molar-refractivity contribution in [3.05, 3.63) is 36.0 Å². The van der Waals surface area contributed by atoms with Crippen molar-refractivity contribution in [2.45, 2.75) is 62.7 Å². The Hall–Kier alpha value is -2.23. The summed E-state index contributed by atoms with van der Waals surface area (Å²) in [6.07, 6.45) is 5.12. The van der Waals surface area contributed by atoms with Crippen molar-refractivity contribution in [1.29, 1.82) is 0 Å². The molecule has 5 rings (SSSR count). The highest BCUT2D eigenvalue weighted by Gasteiger charge is 2.52. The van der Waals surface area contributed by atoms with Crippen LogP contribution in [0.1, 0.15) is 51.0 Å². The highest BCUT2D eigenvalue weighted by Crippen LogP contribution is 2.41. The van der Waals surface area contributed by atoms with Crippen molar-refractivity contribution >= 4 is 6.01 Å². The molecule has 1 aromatic heterocycles. The highest BCUT2D eigenvalue weighted by atomic mass is 19.1. The van der Waals surface area contributed by atoms with Gasteiger partial charge in [-0.25, -0.2) is 4.39 Å². The molecule has 3 fully saturated rings. The molecule has 9 heteroatoms. The number of piperidine rings is 1. The maximum absolute atomic E-state index is 14.1. The van der Waals surface area contributed by atoms with Crippen LogP contribution < -0.4 is 9.64 Å². The monoisotopic (exact) mass is 474 g/mol. The molecule has 0 saturated carbocycles. The van der Waals surface area contributed by atoms with Crippen LogP contribution in [0.15, 0.2) is 29.0 Å². The molecule has 0 bridgehead atoms. The number of aromatic nitrogens is 2. The zero-order valence-corrected chi connectivity index (χ0v) is 20.3. The molecule has 0 radical (unpaired) electrons. The van der Waals surface area contributed by atoms with E-state index in [-0.39, 0.29) is 17.0 Å². The molecule has 34 heavy (non-hydrogen) atoms. The van der Waals surface area contributed by atoms with E-state index >= 15 is 0 Å². The Bertz CT molecular complexity index is 956. The Labute approximate surface area is 200 Å². The van der Waals surface area contributed by atoms with E-state index in [1.54, 1.807) is 19.2 Å². The number of rotatable bonds is 8. The molecule has 186 valence electrons. The lowest BCUT2D eigenvalue weighted by atomic mass is 9.86. The maximum Gasteiger partial charge on any atom is 0.318 e. The first-order valence-electron chi connectivity index (χ1n) is 12.2. The average molecular weight is 475 g/mol. The summed E-state index contributed by atoms with van der Waals surface area (Å²) in [5.74, 6) is 0.889. The predicted octanol–water partition coefficient (Wildman–Crippen LogP) is 3.63. The second-order valence-electron chi connectivity index (χ2n) is 10.5. The fourth-order valence-electron chi connectivity index (χ4n) is 5.42. The Balaban J connectivity index is 1.14. The molecule has 1 aromatic carbocycles. The number of hydrogen-bond donors (Lipinski definition) is 0.